The van der Waals surface area contributed by atoms with Gasteiger partial charge in [-0.05, 0) is 23.5 Å². The molecular weight excluding hydrogens is 306 g/mol. The van der Waals surface area contributed by atoms with Gasteiger partial charge < -0.3 is 15.2 Å². The van der Waals surface area contributed by atoms with E-state index < -0.39 is 11.5 Å². The average Bonchev–Trinajstić information content (AvgIpc) is 2.94. The van der Waals surface area contributed by atoms with Crippen molar-refractivity contribution in [1.29, 1.82) is 0 Å². The Morgan fingerprint density at radius 3 is 2.58 bits per heavy atom. The molecule has 0 aliphatic carbocycles. The molecule has 5 nitrogen and oxygen atoms in total. The summed E-state index contributed by atoms with van der Waals surface area (Å²) >= 11 is 0. The smallest absolute Gasteiger partial charge is 0.305 e. The third-order valence-electron chi connectivity index (χ3n) is 4.21. The van der Waals surface area contributed by atoms with Crippen molar-refractivity contribution in [3.05, 3.63) is 41.5 Å². The summed E-state index contributed by atoms with van der Waals surface area (Å²) in [6.07, 6.45) is 4.33. The number of hydrogen-bond acceptors (Lipinski definition) is 3. The lowest BCUT2D eigenvalue weighted by atomic mass is 9.94. The van der Waals surface area contributed by atoms with Crippen molar-refractivity contribution in [3.8, 4) is 0 Å². The van der Waals surface area contributed by atoms with E-state index in [9.17, 15) is 9.59 Å². The Morgan fingerprint density at radius 1 is 1.33 bits per heavy atom. The molecule has 24 heavy (non-hydrogen) atoms. The fourth-order valence-electron chi connectivity index (χ4n) is 2.82. The number of ether oxygens (including phenoxy) is 1. The Bertz CT molecular complexity index is 598. The zero-order valence-electron chi connectivity index (χ0n) is 14.2. The highest BCUT2D eigenvalue weighted by Gasteiger charge is 2.38. The van der Waals surface area contributed by atoms with Crippen molar-refractivity contribution in [3.63, 3.8) is 0 Å². The second kappa shape index (κ2) is 8.11. The maximum atomic E-state index is 12.1. The molecule has 0 spiro atoms. The minimum absolute atomic E-state index is 0.112. The summed E-state index contributed by atoms with van der Waals surface area (Å²) in [5.74, 6) is -0.619. The first-order chi connectivity index (χ1) is 11.4. The molecule has 5 heteroatoms. The van der Waals surface area contributed by atoms with Gasteiger partial charge in [-0.15, -0.1) is 0 Å². The average molecular weight is 331 g/mol. The Hall–Kier alpha value is -2.14. The Morgan fingerprint density at radius 2 is 2.04 bits per heavy atom. The number of carbonyl (C=O) groups excluding carboxylic acids is 1. The van der Waals surface area contributed by atoms with Gasteiger partial charge in [0.05, 0.1) is 18.6 Å². The minimum atomic E-state index is -0.929. The summed E-state index contributed by atoms with van der Waals surface area (Å²) in [6, 6.07) is 8.23. The monoisotopic (exact) mass is 331 g/mol. The summed E-state index contributed by atoms with van der Waals surface area (Å²) in [7, 11) is 0. The van der Waals surface area contributed by atoms with Crippen LogP contribution in [-0.2, 0) is 14.3 Å². The molecule has 1 saturated heterocycles. The molecular formula is C19H25NO4. The van der Waals surface area contributed by atoms with Crippen molar-refractivity contribution < 1.29 is 19.4 Å². The van der Waals surface area contributed by atoms with Crippen molar-refractivity contribution in [2.45, 2.75) is 44.6 Å². The number of aliphatic carboxylic acids is 1. The molecule has 1 aliphatic heterocycles. The summed E-state index contributed by atoms with van der Waals surface area (Å²) in [5.41, 5.74) is 1.55. The number of hydrogen-bond donors (Lipinski definition) is 2. The largest absolute Gasteiger partial charge is 0.481 e. The molecule has 2 N–H and O–H groups in total. The van der Waals surface area contributed by atoms with Gasteiger partial charge in [-0.3, -0.25) is 9.59 Å². The second-order valence-electron chi connectivity index (χ2n) is 6.63. The molecule has 0 saturated carbocycles. The number of amides is 1. The van der Waals surface area contributed by atoms with E-state index >= 15 is 0 Å². The highest BCUT2D eigenvalue weighted by Crippen LogP contribution is 2.23. The second-order valence-corrected chi connectivity index (χ2v) is 6.63. The van der Waals surface area contributed by atoms with Gasteiger partial charge in [0.2, 0.25) is 5.91 Å². The third kappa shape index (κ3) is 5.20. The summed E-state index contributed by atoms with van der Waals surface area (Å²) in [4.78, 5) is 23.1. The first kappa shape index (κ1) is 18.2. The van der Waals surface area contributed by atoms with Crippen LogP contribution in [0.2, 0.25) is 0 Å². The molecule has 2 rings (SSSR count). The van der Waals surface area contributed by atoms with Crippen molar-refractivity contribution in [1.82, 2.24) is 5.32 Å². The standard InChI is InChI=1S/C19H25NO4/c1-14(2)16-8-6-15(7-9-16)4-3-5-17(21)20-19(12-18(22)23)10-11-24-13-19/h3-4,6-9,14H,5,10-13H2,1-2H3,(H,20,21)(H,22,23)/b4-3+. The van der Waals surface area contributed by atoms with E-state index in [1.807, 2.05) is 18.2 Å². The van der Waals surface area contributed by atoms with Crippen LogP contribution in [0.15, 0.2) is 30.3 Å². The van der Waals surface area contributed by atoms with Crippen LogP contribution in [0, 0.1) is 0 Å². The Labute approximate surface area is 142 Å². The summed E-state index contributed by atoms with van der Waals surface area (Å²) in [6.45, 7) is 5.03. The van der Waals surface area contributed by atoms with Crippen LogP contribution >= 0.6 is 0 Å². The SMILES string of the molecule is CC(C)c1ccc(/C=C/CC(=O)NC2(CC(=O)O)CCOC2)cc1. The fourth-order valence-corrected chi connectivity index (χ4v) is 2.82. The van der Waals surface area contributed by atoms with E-state index in [1.54, 1.807) is 6.08 Å². The lowest BCUT2D eigenvalue weighted by molar-refractivity contribution is -0.139. The third-order valence-corrected chi connectivity index (χ3v) is 4.21. The quantitative estimate of drug-likeness (QED) is 0.805. The number of carbonyl (C=O) groups is 2. The summed E-state index contributed by atoms with van der Waals surface area (Å²) in [5, 5.41) is 11.9. The van der Waals surface area contributed by atoms with E-state index in [2.05, 4.69) is 31.3 Å². The molecule has 1 aromatic rings. The molecule has 1 aromatic carbocycles. The van der Waals surface area contributed by atoms with E-state index in [1.165, 1.54) is 5.56 Å². The lowest BCUT2D eigenvalue weighted by Gasteiger charge is -2.26. The number of benzene rings is 1. The molecule has 130 valence electrons. The molecule has 1 atom stereocenters. The first-order valence-corrected chi connectivity index (χ1v) is 8.27. The van der Waals surface area contributed by atoms with Gasteiger partial charge in [0.1, 0.15) is 0 Å². The van der Waals surface area contributed by atoms with Gasteiger partial charge in [0.15, 0.2) is 0 Å². The zero-order valence-corrected chi connectivity index (χ0v) is 14.2. The molecule has 1 amide bonds. The van der Waals surface area contributed by atoms with Crippen LogP contribution in [0.25, 0.3) is 6.08 Å². The topological polar surface area (TPSA) is 75.6 Å². The maximum absolute atomic E-state index is 12.1. The van der Waals surface area contributed by atoms with Gasteiger partial charge in [-0.1, -0.05) is 50.3 Å². The van der Waals surface area contributed by atoms with Crippen molar-refractivity contribution in [2.24, 2.45) is 0 Å². The van der Waals surface area contributed by atoms with Crippen LogP contribution in [0.1, 0.15) is 50.2 Å². The summed E-state index contributed by atoms with van der Waals surface area (Å²) < 4.78 is 5.27. The number of carboxylic acids is 1. The number of rotatable bonds is 7. The molecule has 0 bridgehead atoms. The van der Waals surface area contributed by atoms with E-state index in [0.29, 0.717) is 18.9 Å². The normalized spacial score (nSPS) is 20.6. The molecule has 0 aromatic heterocycles. The van der Waals surface area contributed by atoms with Crippen LogP contribution in [0.5, 0.6) is 0 Å². The van der Waals surface area contributed by atoms with Crippen molar-refractivity contribution >= 4 is 18.0 Å². The fraction of sp³-hybridized carbons (Fsp3) is 0.474. The van der Waals surface area contributed by atoms with Crippen LogP contribution in [-0.4, -0.2) is 35.7 Å². The highest BCUT2D eigenvalue weighted by atomic mass is 16.5. The number of carboxylic acid groups (broad SMARTS) is 1. The van der Waals surface area contributed by atoms with Gasteiger partial charge in [0.25, 0.3) is 0 Å². The van der Waals surface area contributed by atoms with Gasteiger partial charge >= 0.3 is 5.97 Å². The predicted molar refractivity (Wildman–Crippen MR) is 92.7 cm³/mol. The highest BCUT2D eigenvalue weighted by molar-refractivity contribution is 5.80. The maximum Gasteiger partial charge on any atom is 0.305 e. The van der Waals surface area contributed by atoms with Gasteiger partial charge in [-0.25, -0.2) is 0 Å². The predicted octanol–water partition coefficient (Wildman–Crippen LogP) is 2.96. The minimum Gasteiger partial charge on any atom is -0.481 e. The van der Waals surface area contributed by atoms with E-state index in [-0.39, 0.29) is 25.4 Å². The molecule has 1 fully saturated rings. The zero-order chi connectivity index (χ0) is 17.6. The Balaban J connectivity index is 1.88. The Kier molecular flexibility index (Phi) is 6.15. The molecule has 0 radical (unpaired) electrons. The molecule has 1 heterocycles. The molecule has 1 unspecified atom stereocenters. The number of nitrogens with one attached hydrogen (secondary N) is 1. The van der Waals surface area contributed by atoms with Gasteiger partial charge in [0, 0.05) is 13.0 Å². The van der Waals surface area contributed by atoms with Crippen LogP contribution < -0.4 is 5.32 Å². The first-order valence-electron chi connectivity index (χ1n) is 8.27. The lowest BCUT2D eigenvalue weighted by Crippen LogP contribution is -2.50. The van der Waals surface area contributed by atoms with Crippen LogP contribution in [0.3, 0.4) is 0 Å². The molecule has 1 aliphatic rings. The van der Waals surface area contributed by atoms with E-state index in [0.717, 1.165) is 5.56 Å². The van der Waals surface area contributed by atoms with E-state index in [4.69, 9.17) is 9.84 Å². The van der Waals surface area contributed by atoms with Crippen LogP contribution in [0.4, 0.5) is 0 Å². The van der Waals surface area contributed by atoms with Gasteiger partial charge in [-0.2, -0.15) is 0 Å². The van der Waals surface area contributed by atoms with Crippen molar-refractivity contribution in [2.75, 3.05) is 13.2 Å².